The number of nitrogens with one attached hydrogen (secondary N) is 1. The zero-order chi connectivity index (χ0) is 9.42. The fourth-order valence-electron chi connectivity index (χ4n) is 1.25. The summed E-state index contributed by atoms with van der Waals surface area (Å²) in [4.78, 5) is 25.3. The van der Waals surface area contributed by atoms with Crippen LogP contribution in [0.4, 0.5) is 0 Å². The number of H-pyrrole nitrogens is 1. The maximum absolute atomic E-state index is 11.5. The normalized spacial score (nSPS) is 10.5. The van der Waals surface area contributed by atoms with Gasteiger partial charge in [-0.05, 0) is 12.1 Å². The summed E-state index contributed by atoms with van der Waals surface area (Å²) >= 11 is 0. The number of aromatic amines is 1. The largest absolute Gasteiger partial charge is 0.315 e. The Morgan fingerprint density at radius 1 is 1.23 bits per heavy atom. The van der Waals surface area contributed by atoms with Crippen molar-refractivity contribution < 1.29 is 0 Å². The van der Waals surface area contributed by atoms with Crippen molar-refractivity contribution in [3.63, 3.8) is 0 Å². The summed E-state index contributed by atoms with van der Waals surface area (Å²) in [5, 5.41) is 0.532. The molecule has 0 aliphatic rings. The molecule has 2 rings (SSSR count). The van der Waals surface area contributed by atoms with Crippen LogP contribution in [0.25, 0.3) is 10.9 Å². The van der Waals surface area contributed by atoms with E-state index in [1.165, 1.54) is 7.98 Å². The van der Waals surface area contributed by atoms with Gasteiger partial charge in [0.25, 0.3) is 5.56 Å². The number of nitrogens with zero attached hydrogens (tertiary/aromatic N) is 1. The highest BCUT2D eigenvalue weighted by Crippen LogP contribution is 2.01. The molecule has 1 aromatic carbocycles. The predicted molar refractivity (Wildman–Crippen MR) is 52.8 cm³/mol. The van der Waals surface area contributed by atoms with Crippen molar-refractivity contribution in [2.45, 2.75) is 0 Å². The van der Waals surface area contributed by atoms with Gasteiger partial charge in [0, 0.05) is 0 Å². The first-order valence-electron chi connectivity index (χ1n) is 3.88. The Hall–Kier alpha value is -1.78. The second-order valence-electron chi connectivity index (χ2n) is 2.84. The van der Waals surface area contributed by atoms with E-state index < -0.39 is 0 Å². The molecule has 13 heavy (non-hydrogen) atoms. The molecule has 0 radical (unpaired) electrons. The third kappa shape index (κ3) is 1.09. The van der Waals surface area contributed by atoms with E-state index in [1.807, 2.05) is 0 Å². The lowest BCUT2D eigenvalue weighted by Crippen LogP contribution is -2.33. The Balaban J connectivity index is 3.12. The second kappa shape index (κ2) is 2.62. The minimum absolute atomic E-state index is 0.264. The van der Waals surface area contributed by atoms with Crippen molar-refractivity contribution in [2.24, 2.45) is 0 Å². The summed E-state index contributed by atoms with van der Waals surface area (Å²) in [7, 11) is 1.45. The van der Waals surface area contributed by atoms with Crippen LogP contribution in [0.5, 0.6) is 0 Å². The van der Waals surface area contributed by atoms with Gasteiger partial charge in [0.2, 0.25) is 7.98 Å². The molecule has 5 heteroatoms. The van der Waals surface area contributed by atoms with E-state index in [4.69, 9.17) is 0 Å². The Labute approximate surface area is 74.3 Å². The van der Waals surface area contributed by atoms with E-state index in [2.05, 4.69) is 4.98 Å². The lowest BCUT2D eigenvalue weighted by atomic mass is 10.2. The maximum Gasteiger partial charge on any atom is 0.315 e. The highest BCUT2D eigenvalue weighted by molar-refractivity contribution is 6.06. The molecule has 0 unspecified atom stereocenters. The molecule has 0 aliphatic heterocycles. The van der Waals surface area contributed by atoms with Crippen LogP contribution in [0, 0.1) is 0 Å². The molecule has 4 nitrogen and oxygen atoms in total. The summed E-state index contributed by atoms with van der Waals surface area (Å²) in [6.45, 7) is 0. The molecule has 0 aliphatic carbocycles. The van der Waals surface area contributed by atoms with Gasteiger partial charge in [-0.15, -0.1) is 0 Å². The molecule has 0 spiro atoms. The maximum atomic E-state index is 11.5. The van der Waals surface area contributed by atoms with Crippen LogP contribution in [-0.4, -0.2) is 17.4 Å². The molecule has 0 fully saturated rings. The molecular weight excluding hydrogens is 167 g/mol. The van der Waals surface area contributed by atoms with Crippen LogP contribution in [-0.2, 0) is 0 Å². The topological polar surface area (TPSA) is 54.9 Å². The smallest absolute Gasteiger partial charge is 0.314 e. The fourth-order valence-corrected chi connectivity index (χ4v) is 1.25. The highest BCUT2D eigenvalue weighted by atomic mass is 16.2. The molecule has 0 saturated carbocycles. The monoisotopic (exact) mass is 174 g/mol. The third-order valence-electron chi connectivity index (χ3n) is 2.01. The van der Waals surface area contributed by atoms with Gasteiger partial charge < -0.3 is 9.46 Å². The molecule has 0 bridgehead atoms. The van der Waals surface area contributed by atoms with Crippen LogP contribution >= 0.6 is 0 Å². The number of rotatable bonds is 0. The molecule has 1 aromatic heterocycles. The second-order valence-corrected chi connectivity index (χ2v) is 2.84. The molecule has 2 aromatic rings. The van der Waals surface area contributed by atoms with Gasteiger partial charge in [-0.3, -0.25) is 4.79 Å². The van der Waals surface area contributed by atoms with Crippen molar-refractivity contribution in [3.05, 3.63) is 45.1 Å². The van der Waals surface area contributed by atoms with E-state index in [0.717, 1.165) is 4.48 Å². The first-order valence-corrected chi connectivity index (χ1v) is 3.88. The average Bonchev–Trinajstić information content (AvgIpc) is 2.15. The fraction of sp³-hybridized carbons (Fsp3) is 0. The summed E-state index contributed by atoms with van der Waals surface area (Å²) < 4.78 is 1.06. The third-order valence-corrected chi connectivity index (χ3v) is 2.01. The molecule has 64 valence electrons. The van der Waals surface area contributed by atoms with Crippen LogP contribution < -0.4 is 11.2 Å². The Bertz CT molecular complexity index is 570. The Kier molecular flexibility index (Phi) is 1.58. The van der Waals surface area contributed by atoms with Crippen molar-refractivity contribution in [2.75, 3.05) is 0 Å². The van der Waals surface area contributed by atoms with E-state index in [0.29, 0.717) is 10.9 Å². The number of fused-ring (bicyclic) bond motifs is 1. The number of benzene rings is 1. The van der Waals surface area contributed by atoms with E-state index in [-0.39, 0.29) is 11.2 Å². The lowest BCUT2D eigenvalue weighted by molar-refractivity contribution is 1.00. The predicted octanol–water partition coefficient (Wildman–Crippen LogP) is -0.914. The van der Waals surface area contributed by atoms with Gasteiger partial charge in [-0.25, -0.2) is 4.79 Å². The van der Waals surface area contributed by atoms with Crippen LogP contribution in [0.15, 0.2) is 33.9 Å². The van der Waals surface area contributed by atoms with Gasteiger partial charge in [-0.1, -0.05) is 12.1 Å². The number of para-hydroxylation sites is 1. The van der Waals surface area contributed by atoms with E-state index in [9.17, 15) is 9.59 Å². The molecular formula is C8H7BN2O2. The van der Waals surface area contributed by atoms with Crippen molar-refractivity contribution in [3.8, 4) is 0 Å². The van der Waals surface area contributed by atoms with Crippen LogP contribution in [0.2, 0.25) is 0 Å². The Morgan fingerprint density at radius 2 is 1.92 bits per heavy atom. The molecule has 0 amide bonds. The van der Waals surface area contributed by atoms with Crippen LogP contribution in [0.1, 0.15) is 0 Å². The van der Waals surface area contributed by atoms with Gasteiger partial charge in [0.05, 0.1) is 10.9 Å². The van der Waals surface area contributed by atoms with Crippen molar-refractivity contribution in [1.29, 1.82) is 0 Å². The molecule has 0 atom stereocenters. The molecule has 1 heterocycles. The average molecular weight is 174 g/mol. The first kappa shape index (κ1) is 7.85. The number of aromatic nitrogens is 2. The van der Waals surface area contributed by atoms with Crippen LogP contribution in [0.3, 0.4) is 0 Å². The van der Waals surface area contributed by atoms with Gasteiger partial charge in [-0.2, -0.15) is 0 Å². The number of hydrogen-bond acceptors (Lipinski definition) is 2. The minimum Gasteiger partial charge on any atom is -0.314 e. The zero-order valence-electron chi connectivity index (χ0n) is 7.07. The summed E-state index contributed by atoms with van der Waals surface area (Å²) in [5.41, 5.74) is -0.0707. The zero-order valence-corrected chi connectivity index (χ0v) is 7.07. The summed E-state index contributed by atoms with van der Waals surface area (Å²) in [5.74, 6) is 0. The highest BCUT2D eigenvalue weighted by Gasteiger charge is 2.01. The van der Waals surface area contributed by atoms with Crippen molar-refractivity contribution in [1.82, 2.24) is 9.46 Å². The SMILES string of the molecule is Bn1c(=O)[nH]c2ccccc2c1=O. The van der Waals surface area contributed by atoms with Gasteiger partial charge >= 0.3 is 5.69 Å². The van der Waals surface area contributed by atoms with E-state index in [1.54, 1.807) is 24.3 Å². The standard InChI is InChI=1S/C8H7BN2O2/c9-11-7(12)5-3-1-2-4-6(5)10-8(11)13/h1-4H,9H2,(H,10,13). The quantitative estimate of drug-likeness (QED) is 0.525. The Morgan fingerprint density at radius 3 is 2.69 bits per heavy atom. The molecule has 0 saturated heterocycles. The van der Waals surface area contributed by atoms with Gasteiger partial charge in [0.1, 0.15) is 0 Å². The van der Waals surface area contributed by atoms with Crippen molar-refractivity contribution >= 4 is 18.9 Å². The minimum atomic E-state index is -0.385. The van der Waals surface area contributed by atoms with E-state index >= 15 is 0 Å². The summed E-state index contributed by atoms with van der Waals surface area (Å²) in [6.07, 6.45) is 0. The first-order chi connectivity index (χ1) is 6.20. The molecule has 1 N–H and O–H groups in total. The van der Waals surface area contributed by atoms with Gasteiger partial charge in [0.15, 0.2) is 0 Å². The number of hydrogen-bond donors (Lipinski definition) is 1. The summed E-state index contributed by atoms with van der Waals surface area (Å²) in [6, 6.07) is 6.94. The lowest BCUT2D eigenvalue weighted by Gasteiger charge is -1.99.